The highest BCUT2D eigenvalue weighted by Gasteiger charge is 2.59. The van der Waals surface area contributed by atoms with Gasteiger partial charge in [0.1, 0.15) is 0 Å². The highest BCUT2D eigenvalue weighted by molar-refractivity contribution is 5.76. The van der Waals surface area contributed by atoms with E-state index in [9.17, 15) is 4.79 Å². The third-order valence-corrected chi connectivity index (χ3v) is 5.55. The molecule has 2 saturated carbocycles. The lowest BCUT2D eigenvalue weighted by atomic mass is 9.51. The van der Waals surface area contributed by atoms with Gasteiger partial charge in [-0.15, -0.1) is 0 Å². The zero-order chi connectivity index (χ0) is 17.3. The van der Waals surface area contributed by atoms with Gasteiger partial charge in [-0.1, -0.05) is 11.6 Å². The molecule has 0 bridgehead atoms. The number of amides is 1. The maximum Gasteiger partial charge on any atom is 0.238 e. The third kappa shape index (κ3) is 2.97. The Balaban J connectivity index is 1.27. The zero-order valence-electron chi connectivity index (χ0n) is 14.4. The zero-order valence-corrected chi connectivity index (χ0v) is 14.4. The quantitative estimate of drug-likeness (QED) is 0.830. The van der Waals surface area contributed by atoms with Crippen molar-refractivity contribution < 1.29 is 18.5 Å². The summed E-state index contributed by atoms with van der Waals surface area (Å²) in [7, 11) is 0. The average Bonchev–Trinajstić information content (AvgIpc) is 3.21. The Morgan fingerprint density at radius 2 is 2.36 bits per heavy atom. The largest absolute Gasteiger partial charge is 0.461 e. The average molecular weight is 345 g/mol. The van der Waals surface area contributed by atoms with Gasteiger partial charge in [-0.3, -0.25) is 4.79 Å². The number of rotatable bonds is 7. The summed E-state index contributed by atoms with van der Waals surface area (Å²) in [5.41, 5.74) is 0.183. The van der Waals surface area contributed by atoms with Gasteiger partial charge in [-0.05, 0) is 38.3 Å². The predicted octanol–water partition coefficient (Wildman–Crippen LogP) is 2.73. The molecule has 0 aromatic carbocycles. The van der Waals surface area contributed by atoms with Crippen LogP contribution >= 0.6 is 0 Å². The molecular weight excluding hydrogens is 322 g/mol. The summed E-state index contributed by atoms with van der Waals surface area (Å²) >= 11 is 0. The van der Waals surface area contributed by atoms with Gasteiger partial charge in [0.15, 0.2) is 5.76 Å². The van der Waals surface area contributed by atoms with E-state index in [1.807, 2.05) is 6.92 Å². The topological polar surface area (TPSA) is 90.4 Å². The van der Waals surface area contributed by atoms with Crippen molar-refractivity contribution in [2.45, 2.75) is 57.6 Å². The summed E-state index contributed by atoms with van der Waals surface area (Å²) in [4.78, 5) is 16.5. The summed E-state index contributed by atoms with van der Waals surface area (Å²) in [5, 5.41) is 7.05. The number of aromatic nitrogens is 2. The third-order valence-electron chi connectivity index (χ3n) is 5.55. The van der Waals surface area contributed by atoms with Crippen molar-refractivity contribution in [1.82, 2.24) is 15.5 Å². The van der Waals surface area contributed by atoms with Crippen molar-refractivity contribution in [2.75, 3.05) is 6.61 Å². The Kier molecular flexibility index (Phi) is 4.33. The SMILES string of the molecule is CCO[C@H]1C[C@@H](NC(=O)CCc2nc(-c3ccco3)no2)C12CCC2. The number of furan rings is 1. The summed E-state index contributed by atoms with van der Waals surface area (Å²) in [6.45, 7) is 2.77. The molecule has 1 spiro atoms. The van der Waals surface area contributed by atoms with Gasteiger partial charge in [0.2, 0.25) is 17.6 Å². The van der Waals surface area contributed by atoms with Crippen LogP contribution in [0.4, 0.5) is 0 Å². The normalized spacial score (nSPS) is 23.9. The number of carbonyl (C=O) groups is 1. The van der Waals surface area contributed by atoms with Crippen molar-refractivity contribution in [3.8, 4) is 11.6 Å². The minimum Gasteiger partial charge on any atom is -0.461 e. The Labute approximate surface area is 146 Å². The minimum atomic E-state index is 0.0315. The van der Waals surface area contributed by atoms with Crippen LogP contribution in [0.25, 0.3) is 11.6 Å². The van der Waals surface area contributed by atoms with E-state index in [0.717, 1.165) is 25.9 Å². The van der Waals surface area contributed by atoms with Crippen LogP contribution in [0.3, 0.4) is 0 Å². The van der Waals surface area contributed by atoms with E-state index < -0.39 is 0 Å². The van der Waals surface area contributed by atoms with Gasteiger partial charge < -0.3 is 19.0 Å². The molecule has 2 aromatic rings. The Bertz CT molecular complexity index is 721. The van der Waals surface area contributed by atoms with Crippen molar-refractivity contribution in [3.05, 3.63) is 24.3 Å². The second-order valence-corrected chi connectivity index (χ2v) is 6.88. The second kappa shape index (κ2) is 6.63. The Hall–Kier alpha value is -2.15. The van der Waals surface area contributed by atoms with E-state index in [1.165, 1.54) is 6.42 Å². The molecule has 1 N–H and O–H groups in total. The molecule has 2 aromatic heterocycles. The molecular formula is C18H23N3O4. The number of ether oxygens (including phenoxy) is 1. The summed E-state index contributed by atoms with van der Waals surface area (Å²) in [5.74, 6) is 1.44. The van der Waals surface area contributed by atoms with Crippen LogP contribution in [0.1, 0.15) is 44.9 Å². The molecule has 2 fully saturated rings. The molecule has 0 aliphatic heterocycles. The molecule has 0 radical (unpaired) electrons. The summed E-state index contributed by atoms with van der Waals surface area (Å²) < 4.78 is 16.2. The number of aryl methyl sites for hydroxylation is 1. The number of nitrogens with zero attached hydrogens (tertiary/aromatic N) is 2. The van der Waals surface area contributed by atoms with Crippen molar-refractivity contribution in [2.24, 2.45) is 5.41 Å². The lowest BCUT2D eigenvalue weighted by Crippen LogP contribution is -2.67. The van der Waals surface area contributed by atoms with Gasteiger partial charge >= 0.3 is 0 Å². The fraction of sp³-hybridized carbons (Fsp3) is 0.611. The van der Waals surface area contributed by atoms with E-state index in [-0.39, 0.29) is 17.4 Å². The molecule has 134 valence electrons. The summed E-state index contributed by atoms with van der Waals surface area (Å²) in [6.07, 6.45) is 7.08. The smallest absolute Gasteiger partial charge is 0.238 e. The Morgan fingerprint density at radius 1 is 1.48 bits per heavy atom. The Morgan fingerprint density at radius 3 is 3.04 bits per heavy atom. The lowest BCUT2D eigenvalue weighted by Gasteiger charge is -2.61. The highest BCUT2D eigenvalue weighted by Crippen LogP contribution is 2.57. The van der Waals surface area contributed by atoms with Crippen LogP contribution in [0.5, 0.6) is 0 Å². The molecule has 2 aliphatic rings. The van der Waals surface area contributed by atoms with E-state index in [2.05, 4.69) is 15.5 Å². The van der Waals surface area contributed by atoms with Crippen molar-refractivity contribution in [3.63, 3.8) is 0 Å². The van der Waals surface area contributed by atoms with Gasteiger partial charge in [0, 0.05) is 30.9 Å². The maximum absolute atomic E-state index is 12.3. The van der Waals surface area contributed by atoms with Crippen molar-refractivity contribution >= 4 is 5.91 Å². The molecule has 25 heavy (non-hydrogen) atoms. The van der Waals surface area contributed by atoms with Crippen LogP contribution < -0.4 is 5.32 Å². The maximum atomic E-state index is 12.3. The van der Waals surface area contributed by atoms with Crippen molar-refractivity contribution in [1.29, 1.82) is 0 Å². The molecule has 4 rings (SSSR count). The monoisotopic (exact) mass is 345 g/mol. The van der Waals surface area contributed by atoms with Gasteiger partial charge in [0.05, 0.1) is 12.4 Å². The molecule has 0 unspecified atom stereocenters. The molecule has 2 atom stereocenters. The first-order valence-electron chi connectivity index (χ1n) is 8.99. The van der Waals surface area contributed by atoms with E-state index in [4.69, 9.17) is 13.7 Å². The number of hydrogen-bond acceptors (Lipinski definition) is 6. The number of hydrogen-bond donors (Lipinski definition) is 1. The fourth-order valence-corrected chi connectivity index (χ4v) is 3.99. The standard InChI is InChI=1S/C18H23N3O4/c1-2-23-14-11-13(18(14)8-4-9-18)19-15(22)6-7-16-20-17(21-25-16)12-5-3-10-24-12/h3,5,10,13-14H,2,4,6-9,11H2,1H3,(H,19,22)/t13-,14+/m1/s1. The first-order valence-corrected chi connectivity index (χ1v) is 8.99. The lowest BCUT2D eigenvalue weighted by molar-refractivity contribution is -0.175. The first kappa shape index (κ1) is 16.3. The van der Waals surface area contributed by atoms with Crippen LogP contribution in [-0.2, 0) is 16.0 Å². The predicted molar refractivity (Wildman–Crippen MR) is 88.6 cm³/mol. The molecule has 7 nitrogen and oxygen atoms in total. The van der Waals surface area contributed by atoms with E-state index in [1.54, 1.807) is 18.4 Å². The van der Waals surface area contributed by atoms with Crippen LogP contribution in [0, 0.1) is 5.41 Å². The molecule has 2 heterocycles. The van der Waals surface area contributed by atoms with Crippen LogP contribution in [0.15, 0.2) is 27.3 Å². The van der Waals surface area contributed by atoms with Crippen LogP contribution in [0.2, 0.25) is 0 Å². The van der Waals surface area contributed by atoms with Gasteiger partial charge in [-0.2, -0.15) is 4.98 Å². The fourth-order valence-electron chi connectivity index (χ4n) is 3.99. The first-order chi connectivity index (χ1) is 12.2. The molecule has 1 amide bonds. The van der Waals surface area contributed by atoms with Gasteiger partial charge in [0.25, 0.3) is 0 Å². The molecule has 7 heteroatoms. The molecule has 0 saturated heterocycles. The molecule has 2 aliphatic carbocycles. The van der Waals surface area contributed by atoms with Crippen LogP contribution in [-0.4, -0.2) is 34.8 Å². The number of nitrogens with one attached hydrogen (secondary N) is 1. The highest BCUT2D eigenvalue weighted by atomic mass is 16.5. The minimum absolute atomic E-state index is 0.0315. The van der Waals surface area contributed by atoms with E-state index >= 15 is 0 Å². The second-order valence-electron chi connectivity index (χ2n) is 6.88. The van der Waals surface area contributed by atoms with Gasteiger partial charge in [-0.25, -0.2) is 0 Å². The summed E-state index contributed by atoms with van der Waals surface area (Å²) in [6, 6.07) is 3.78. The van der Waals surface area contributed by atoms with E-state index in [0.29, 0.717) is 36.4 Å². The number of carbonyl (C=O) groups excluding carboxylic acids is 1.